The first-order chi connectivity index (χ1) is 9.43. The molecule has 2 rings (SSSR count). The lowest BCUT2D eigenvalue weighted by molar-refractivity contribution is -0.139. The van der Waals surface area contributed by atoms with Crippen LogP contribution < -0.4 is 5.32 Å². The van der Waals surface area contributed by atoms with Crippen LogP contribution in [0.1, 0.15) is 18.3 Å². The molecule has 1 heterocycles. The largest absolute Gasteiger partial charge is 0.419 e. The third-order valence-electron chi connectivity index (χ3n) is 2.54. The molecule has 4 nitrogen and oxygen atoms in total. The Kier molecular flexibility index (Phi) is 4.03. The van der Waals surface area contributed by atoms with Gasteiger partial charge in [0.25, 0.3) is 5.89 Å². The van der Waals surface area contributed by atoms with E-state index >= 15 is 0 Å². The summed E-state index contributed by atoms with van der Waals surface area (Å²) in [6.45, 7) is 2.83. The van der Waals surface area contributed by atoms with E-state index in [4.69, 9.17) is 4.52 Å². The molecule has 2 aromatic rings. The first-order valence-electron chi connectivity index (χ1n) is 5.83. The van der Waals surface area contributed by atoms with Crippen molar-refractivity contribution in [3.05, 3.63) is 35.4 Å². The SMILES string of the molecule is CCNCc1noc(-c2cccc(C(F)(F)F)c2F)n1. The Bertz CT molecular complexity index is 595. The van der Waals surface area contributed by atoms with Crippen molar-refractivity contribution < 1.29 is 22.1 Å². The highest BCUT2D eigenvalue weighted by molar-refractivity contribution is 5.55. The van der Waals surface area contributed by atoms with Gasteiger partial charge in [-0.1, -0.05) is 18.1 Å². The molecule has 0 fully saturated rings. The van der Waals surface area contributed by atoms with Crippen LogP contribution >= 0.6 is 0 Å². The minimum absolute atomic E-state index is 0.249. The fourth-order valence-electron chi connectivity index (χ4n) is 1.59. The standard InChI is InChI=1S/C12H11F4N3O/c1-2-17-6-9-18-11(20-19-9)7-4-3-5-8(10(7)13)12(14,15)16/h3-5,17H,2,6H2,1H3. The van der Waals surface area contributed by atoms with Crippen LogP contribution in [-0.2, 0) is 12.7 Å². The molecular formula is C12H11F4N3O. The van der Waals surface area contributed by atoms with Gasteiger partial charge in [-0.15, -0.1) is 0 Å². The monoisotopic (exact) mass is 289 g/mol. The number of halogens is 4. The smallest absolute Gasteiger partial charge is 0.334 e. The van der Waals surface area contributed by atoms with Gasteiger partial charge in [-0.3, -0.25) is 0 Å². The Morgan fingerprint density at radius 2 is 2.05 bits per heavy atom. The molecule has 0 aliphatic heterocycles. The lowest BCUT2D eigenvalue weighted by Gasteiger charge is -2.08. The van der Waals surface area contributed by atoms with Crippen molar-refractivity contribution in [3.8, 4) is 11.5 Å². The Labute approximate surface area is 111 Å². The molecule has 0 aliphatic carbocycles. The average Bonchev–Trinajstić information content (AvgIpc) is 2.83. The lowest BCUT2D eigenvalue weighted by Crippen LogP contribution is -2.12. The van der Waals surface area contributed by atoms with E-state index in [1.807, 2.05) is 6.92 Å². The number of benzene rings is 1. The van der Waals surface area contributed by atoms with Gasteiger partial charge >= 0.3 is 6.18 Å². The molecule has 20 heavy (non-hydrogen) atoms. The molecule has 0 radical (unpaired) electrons. The summed E-state index contributed by atoms with van der Waals surface area (Å²) in [5.41, 5.74) is -1.73. The van der Waals surface area contributed by atoms with Crippen molar-refractivity contribution in [2.45, 2.75) is 19.6 Å². The van der Waals surface area contributed by atoms with Crippen molar-refractivity contribution in [2.24, 2.45) is 0 Å². The van der Waals surface area contributed by atoms with Crippen LogP contribution in [-0.4, -0.2) is 16.7 Å². The van der Waals surface area contributed by atoms with E-state index in [-0.39, 0.29) is 17.3 Å². The van der Waals surface area contributed by atoms with E-state index in [0.717, 1.165) is 12.1 Å². The van der Waals surface area contributed by atoms with Crippen LogP contribution in [0.25, 0.3) is 11.5 Å². The molecule has 0 aliphatic rings. The fourth-order valence-corrected chi connectivity index (χ4v) is 1.59. The van der Waals surface area contributed by atoms with Gasteiger partial charge in [-0.25, -0.2) is 4.39 Å². The molecule has 0 unspecified atom stereocenters. The maximum atomic E-state index is 13.9. The van der Waals surface area contributed by atoms with Gasteiger partial charge < -0.3 is 9.84 Å². The second kappa shape index (κ2) is 5.58. The quantitative estimate of drug-likeness (QED) is 0.879. The predicted octanol–water partition coefficient (Wildman–Crippen LogP) is 3.00. The van der Waals surface area contributed by atoms with Gasteiger partial charge in [0.15, 0.2) is 5.82 Å². The Morgan fingerprint density at radius 3 is 2.70 bits per heavy atom. The molecule has 108 valence electrons. The Morgan fingerprint density at radius 1 is 1.30 bits per heavy atom. The van der Waals surface area contributed by atoms with Gasteiger partial charge in [0, 0.05) is 0 Å². The van der Waals surface area contributed by atoms with Gasteiger partial charge in [-0.05, 0) is 18.7 Å². The highest BCUT2D eigenvalue weighted by atomic mass is 19.4. The second-order valence-electron chi connectivity index (χ2n) is 3.96. The number of alkyl halides is 3. The molecule has 0 saturated heterocycles. The molecule has 0 atom stereocenters. The van der Waals surface area contributed by atoms with Crippen molar-refractivity contribution in [1.82, 2.24) is 15.5 Å². The molecule has 8 heteroatoms. The zero-order valence-corrected chi connectivity index (χ0v) is 10.5. The maximum absolute atomic E-state index is 13.9. The number of nitrogens with zero attached hydrogens (tertiary/aromatic N) is 2. The molecule has 0 amide bonds. The van der Waals surface area contributed by atoms with Gasteiger partial charge in [-0.2, -0.15) is 18.2 Å². The summed E-state index contributed by atoms with van der Waals surface area (Å²) in [5.74, 6) is -1.45. The molecule has 0 spiro atoms. The van der Waals surface area contributed by atoms with Gasteiger partial charge in [0.2, 0.25) is 0 Å². The van der Waals surface area contributed by atoms with E-state index in [1.165, 1.54) is 0 Å². The summed E-state index contributed by atoms with van der Waals surface area (Å²) < 4.78 is 56.4. The molecule has 0 saturated carbocycles. The third-order valence-corrected chi connectivity index (χ3v) is 2.54. The molecule has 0 bridgehead atoms. The van der Waals surface area contributed by atoms with Crippen molar-refractivity contribution in [3.63, 3.8) is 0 Å². The number of rotatable bonds is 4. The van der Waals surface area contributed by atoms with Crippen molar-refractivity contribution >= 4 is 0 Å². The number of aromatic nitrogens is 2. The van der Waals surface area contributed by atoms with Crippen molar-refractivity contribution in [2.75, 3.05) is 6.54 Å². The van der Waals surface area contributed by atoms with E-state index in [0.29, 0.717) is 19.2 Å². The minimum Gasteiger partial charge on any atom is -0.334 e. The summed E-state index contributed by atoms with van der Waals surface area (Å²) in [6, 6.07) is 2.92. The summed E-state index contributed by atoms with van der Waals surface area (Å²) in [6.07, 6.45) is -4.77. The average molecular weight is 289 g/mol. The normalized spacial score (nSPS) is 11.8. The first kappa shape index (κ1) is 14.4. The highest BCUT2D eigenvalue weighted by Crippen LogP contribution is 2.34. The Balaban J connectivity index is 2.36. The van der Waals surface area contributed by atoms with Crippen molar-refractivity contribution in [1.29, 1.82) is 0 Å². The summed E-state index contributed by atoms with van der Waals surface area (Å²) in [4.78, 5) is 3.85. The minimum atomic E-state index is -4.77. The highest BCUT2D eigenvalue weighted by Gasteiger charge is 2.35. The first-order valence-corrected chi connectivity index (χ1v) is 5.83. The van der Waals surface area contributed by atoms with E-state index in [1.54, 1.807) is 0 Å². The van der Waals surface area contributed by atoms with Crippen LogP contribution in [0.3, 0.4) is 0 Å². The predicted molar refractivity (Wildman–Crippen MR) is 62.1 cm³/mol. The fraction of sp³-hybridized carbons (Fsp3) is 0.333. The molecule has 1 aromatic heterocycles. The van der Waals surface area contributed by atoms with E-state index in [9.17, 15) is 17.6 Å². The molecule has 1 aromatic carbocycles. The van der Waals surface area contributed by atoms with Gasteiger partial charge in [0.1, 0.15) is 5.82 Å². The topological polar surface area (TPSA) is 51.0 Å². The number of nitrogens with one attached hydrogen (secondary N) is 1. The summed E-state index contributed by atoms with van der Waals surface area (Å²) in [5, 5.41) is 6.49. The summed E-state index contributed by atoms with van der Waals surface area (Å²) >= 11 is 0. The zero-order valence-electron chi connectivity index (χ0n) is 10.5. The van der Waals surface area contributed by atoms with Crippen LogP contribution in [0.4, 0.5) is 17.6 Å². The molecule has 1 N–H and O–H groups in total. The van der Waals surface area contributed by atoms with E-state index < -0.39 is 17.6 Å². The number of hydrogen-bond acceptors (Lipinski definition) is 4. The molecular weight excluding hydrogens is 278 g/mol. The van der Waals surface area contributed by atoms with Crippen LogP contribution in [0, 0.1) is 5.82 Å². The third kappa shape index (κ3) is 2.96. The van der Waals surface area contributed by atoms with Crippen LogP contribution in [0.15, 0.2) is 22.7 Å². The lowest BCUT2D eigenvalue weighted by atomic mass is 10.1. The van der Waals surface area contributed by atoms with Crippen LogP contribution in [0.2, 0.25) is 0 Å². The maximum Gasteiger partial charge on any atom is 0.419 e. The summed E-state index contributed by atoms with van der Waals surface area (Å²) in [7, 11) is 0. The van der Waals surface area contributed by atoms with Gasteiger partial charge in [0.05, 0.1) is 17.7 Å². The number of hydrogen-bond donors (Lipinski definition) is 1. The Hall–Kier alpha value is -1.96. The second-order valence-corrected chi connectivity index (χ2v) is 3.96. The van der Waals surface area contributed by atoms with E-state index in [2.05, 4.69) is 15.5 Å². The van der Waals surface area contributed by atoms with Crippen LogP contribution in [0.5, 0.6) is 0 Å². The zero-order chi connectivity index (χ0) is 14.8.